The van der Waals surface area contributed by atoms with E-state index in [1.807, 2.05) is 0 Å². The maximum Gasteiger partial charge on any atom is 0.408 e. The Kier molecular flexibility index (Phi) is 3.36. The molecule has 0 aromatic carbocycles. The molecule has 0 fully saturated rings. The zero-order valence-corrected chi connectivity index (χ0v) is 9.65. The molecule has 0 radical (unpaired) electrons. The van der Waals surface area contributed by atoms with Crippen LogP contribution in [0.15, 0.2) is 19.9 Å². The highest BCUT2D eigenvalue weighted by molar-refractivity contribution is 9.13. The molecule has 0 aliphatic heterocycles. The number of nitrogens with zero attached hydrogens (tertiary/aromatic N) is 2. The molecule has 78 valence electrons. The van der Waals surface area contributed by atoms with E-state index >= 15 is 0 Å². The van der Waals surface area contributed by atoms with E-state index in [4.69, 9.17) is 0 Å². The van der Waals surface area contributed by atoms with E-state index in [9.17, 15) is 18.0 Å². The van der Waals surface area contributed by atoms with Crippen LogP contribution in [0.3, 0.4) is 0 Å². The van der Waals surface area contributed by atoms with Gasteiger partial charge < -0.3 is 0 Å². The zero-order chi connectivity index (χ0) is 10.9. The van der Waals surface area contributed by atoms with Crippen LogP contribution in [0.2, 0.25) is 0 Å². The van der Waals surface area contributed by atoms with Gasteiger partial charge in [-0.25, -0.2) is 4.68 Å². The summed E-state index contributed by atoms with van der Waals surface area (Å²) in [4.78, 5) is 11.2. The van der Waals surface area contributed by atoms with Crippen LogP contribution in [-0.2, 0) is 6.54 Å². The van der Waals surface area contributed by atoms with Crippen molar-refractivity contribution in [2.75, 3.05) is 0 Å². The average molecular weight is 336 g/mol. The van der Waals surface area contributed by atoms with E-state index in [2.05, 4.69) is 37.0 Å². The van der Waals surface area contributed by atoms with E-state index in [1.54, 1.807) is 0 Å². The third-order valence-electron chi connectivity index (χ3n) is 1.27. The number of rotatable bonds is 1. The molecule has 14 heavy (non-hydrogen) atoms. The first-order valence-electron chi connectivity index (χ1n) is 3.29. The van der Waals surface area contributed by atoms with E-state index in [0.29, 0.717) is 9.15 Å². The summed E-state index contributed by atoms with van der Waals surface area (Å²) in [5, 5.41) is 3.33. The summed E-state index contributed by atoms with van der Waals surface area (Å²) in [5.74, 6) is 0. The van der Waals surface area contributed by atoms with Gasteiger partial charge in [-0.3, -0.25) is 4.79 Å². The highest BCUT2D eigenvalue weighted by atomic mass is 79.9. The molecule has 0 N–H and O–H groups in total. The fourth-order valence-corrected chi connectivity index (χ4v) is 1.30. The van der Waals surface area contributed by atoms with Gasteiger partial charge in [-0.05, 0) is 31.9 Å². The minimum absolute atomic E-state index is 0.0248. The number of hydrogen-bond acceptors (Lipinski definition) is 2. The van der Waals surface area contributed by atoms with Gasteiger partial charge in [0.05, 0.1) is 10.7 Å². The van der Waals surface area contributed by atoms with Gasteiger partial charge in [-0.2, -0.15) is 18.3 Å². The summed E-state index contributed by atoms with van der Waals surface area (Å²) in [6, 6.07) is 0. The minimum atomic E-state index is -4.45. The second-order valence-corrected chi connectivity index (χ2v) is 4.03. The molecule has 0 saturated carbocycles. The molecule has 0 amide bonds. The maximum atomic E-state index is 11.9. The van der Waals surface area contributed by atoms with E-state index < -0.39 is 18.3 Å². The van der Waals surface area contributed by atoms with Crippen molar-refractivity contribution in [2.24, 2.45) is 0 Å². The third-order valence-corrected chi connectivity index (χ3v) is 3.17. The summed E-state index contributed by atoms with van der Waals surface area (Å²) < 4.78 is 36.5. The van der Waals surface area contributed by atoms with Crippen molar-refractivity contribution in [1.82, 2.24) is 9.78 Å². The second kappa shape index (κ2) is 4.01. The predicted octanol–water partition coefficient (Wildman–Crippen LogP) is 2.33. The van der Waals surface area contributed by atoms with Gasteiger partial charge in [-0.15, -0.1) is 0 Å². The molecule has 0 unspecified atom stereocenters. The molecule has 8 heteroatoms. The van der Waals surface area contributed by atoms with Gasteiger partial charge >= 0.3 is 6.18 Å². The van der Waals surface area contributed by atoms with Crippen molar-refractivity contribution in [3.05, 3.63) is 25.5 Å². The van der Waals surface area contributed by atoms with Crippen LogP contribution in [0, 0.1) is 0 Å². The Hall–Kier alpha value is -0.370. The fraction of sp³-hybridized carbons (Fsp3) is 0.333. The lowest BCUT2D eigenvalue weighted by molar-refractivity contribution is -0.143. The zero-order valence-electron chi connectivity index (χ0n) is 6.48. The molecule has 0 aliphatic rings. The Labute approximate surface area is 93.2 Å². The van der Waals surface area contributed by atoms with Gasteiger partial charge in [-0.1, -0.05) is 0 Å². The molecular formula is C6H3Br2F3N2O. The summed E-state index contributed by atoms with van der Waals surface area (Å²) in [6.07, 6.45) is -3.33. The molecule has 0 aliphatic carbocycles. The Morgan fingerprint density at radius 1 is 1.43 bits per heavy atom. The molecule has 1 aromatic rings. The van der Waals surface area contributed by atoms with Crippen molar-refractivity contribution in [2.45, 2.75) is 12.7 Å². The van der Waals surface area contributed by atoms with Crippen LogP contribution in [0.25, 0.3) is 0 Å². The Bertz CT molecular complexity index is 401. The molecule has 0 atom stereocenters. The smallest absolute Gasteiger partial charge is 0.266 e. The Morgan fingerprint density at radius 3 is 2.50 bits per heavy atom. The first-order valence-corrected chi connectivity index (χ1v) is 4.88. The van der Waals surface area contributed by atoms with E-state index in [0.717, 1.165) is 6.20 Å². The van der Waals surface area contributed by atoms with Crippen molar-refractivity contribution in [3.63, 3.8) is 0 Å². The number of hydrogen-bond donors (Lipinski definition) is 0. The first-order chi connectivity index (χ1) is 6.31. The molecule has 1 rings (SSSR count). The van der Waals surface area contributed by atoms with Gasteiger partial charge in [0.25, 0.3) is 5.56 Å². The summed E-state index contributed by atoms with van der Waals surface area (Å²) in [5.41, 5.74) is -0.822. The SMILES string of the molecule is O=c1c(Br)c(Br)cnn1CC(F)(F)F. The van der Waals surface area contributed by atoms with E-state index in [-0.39, 0.29) is 4.47 Å². The number of alkyl halides is 3. The number of aromatic nitrogens is 2. The van der Waals surface area contributed by atoms with E-state index in [1.165, 1.54) is 0 Å². The van der Waals surface area contributed by atoms with Gasteiger partial charge in [0.2, 0.25) is 0 Å². The molecular weight excluding hydrogens is 333 g/mol. The minimum Gasteiger partial charge on any atom is -0.266 e. The fourth-order valence-electron chi connectivity index (χ4n) is 0.727. The summed E-state index contributed by atoms with van der Waals surface area (Å²) >= 11 is 5.81. The highest BCUT2D eigenvalue weighted by Gasteiger charge is 2.29. The number of halogens is 5. The molecule has 0 spiro atoms. The van der Waals surface area contributed by atoms with Crippen LogP contribution >= 0.6 is 31.9 Å². The summed E-state index contributed by atoms with van der Waals surface area (Å²) in [6.45, 7) is -1.39. The lowest BCUT2D eigenvalue weighted by Gasteiger charge is -2.08. The lowest BCUT2D eigenvalue weighted by Crippen LogP contribution is -2.30. The van der Waals surface area contributed by atoms with Crippen molar-refractivity contribution >= 4 is 31.9 Å². The standard InChI is InChI=1S/C6H3Br2F3N2O/c7-3-1-12-13(2-6(9,10)11)5(14)4(3)8/h1H,2H2. The normalized spacial score (nSPS) is 11.8. The van der Waals surface area contributed by atoms with Crippen molar-refractivity contribution < 1.29 is 13.2 Å². The molecule has 1 aromatic heterocycles. The largest absolute Gasteiger partial charge is 0.408 e. The van der Waals surface area contributed by atoms with Crippen molar-refractivity contribution in [3.8, 4) is 0 Å². The van der Waals surface area contributed by atoms with Gasteiger partial charge in [0, 0.05) is 0 Å². The quantitative estimate of drug-likeness (QED) is 0.789. The van der Waals surface area contributed by atoms with Crippen molar-refractivity contribution in [1.29, 1.82) is 0 Å². The second-order valence-electron chi connectivity index (χ2n) is 2.38. The van der Waals surface area contributed by atoms with Crippen LogP contribution in [0.4, 0.5) is 13.2 Å². The molecule has 1 heterocycles. The monoisotopic (exact) mass is 334 g/mol. The molecule has 3 nitrogen and oxygen atoms in total. The Balaban J connectivity index is 3.13. The van der Waals surface area contributed by atoms with Crippen LogP contribution < -0.4 is 5.56 Å². The predicted molar refractivity (Wildman–Crippen MR) is 50.0 cm³/mol. The highest BCUT2D eigenvalue weighted by Crippen LogP contribution is 2.19. The first kappa shape index (κ1) is 11.7. The Morgan fingerprint density at radius 2 is 2.00 bits per heavy atom. The average Bonchev–Trinajstić information content (AvgIpc) is 2.04. The lowest BCUT2D eigenvalue weighted by atomic mass is 10.5. The third kappa shape index (κ3) is 2.81. The van der Waals surface area contributed by atoms with Crippen LogP contribution in [0.1, 0.15) is 0 Å². The van der Waals surface area contributed by atoms with Crippen LogP contribution in [-0.4, -0.2) is 16.0 Å². The topological polar surface area (TPSA) is 34.9 Å². The maximum absolute atomic E-state index is 11.9. The van der Waals surface area contributed by atoms with Gasteiger partial charge in [0.15, 0.2) is 0 Å². The van der Waals surface area contributed by atoms with Crippen LogP contribution in [0.5, 0.6) is 0 Å². The molecule has 0 bridgehead atoms. The molecule has 0 saturated heterocycles. The van der Waals surface area contributed by atoms with Gasteiger partial charge in [0.1, 0.15) is 11.0 Å². The summed E-state index contributed by atoms with van der Waals surface area (Å²) in [7, 11) is 0.